The predicted molar refractivity (Wildman–Crippen MR) is 187 cm³/mol. The van der Waals surface area contributed by atoms with Gasteiger partial charge in [0.2, 0.25) is 5.91 Å². The van der Waals surface area contributed by atoms with Crippen molar-refractivity contribution in [3.63, 3.8) is 0 Å². The number of benzene rings is 2. The number of nitrogens with zero attached hydrogens (tertiary/aromatic N) is 4. The lowest BCUT2D eigenvalue weighted by Crippen LogP contribution is -2.55. The number of carbonyl (C=O) groups excluding carboxylic acids is 3. The van der Waals surface area contributed by atoms with Gasteiger partial charge in [0.25, 0.3) is 11.8 Å². The second-order valence-electron chi connectivity index (χ2n) is 15.6. The molecule has 1 N–H and O–H groups in total. The van der Waals surface area contributed by atoms with Crippen LogP contribution in [0.15, 0.2) is 48.5 Å². The molecule has 2 saturated carbocycles. The summed E-state index contributed by atoms with van der Waals surface area (Å²) in [6.45, 7) is 6.57. The van der Waals surface area contributed by atoms with Gasteiger partial charge < -0.3 is 24.5 Å². The first-order valence-electron chi connectivity index (χ1n) is 18.3. The summed E-state index contributed by atoms with van der Waals surface area (Å²) < 4.78 is 5.81. The molecule has 9 heteroatoms. The summed E-state index contributed by atoms with van der Waals surface area (Å²) in [5.41, 5.74) is 3.62. The molecule has 0 radical (unpaired) electrons. The van der Waals surface area contributed by atoms with E-state index in [1.165, 1.54) is 11.1 Å². The van der Waals surface area contributed by atoms with E-state index in [1.807, 2.05) is 47.1 Å². The third-order valence-corrected chi connectivity index (χ3v) is 13.3. The summed E-state index contributed by atoms with van der Waals surface area (Å²) in [5.74, 6) is 1.71. The molecule has 6 atom stereocenters. The maximum atomic E-state index is 14.1. The molecular weight excluding hydrogens is 616 g/mol. The van der Waals surface area contributed by atoms with E-state index < -0.39 is 11.6 Å². The molecule has 49 heavy (non-hydrogen) atoms. The number of hydrogen-bond donors (Lipinski definition) is 1. The van der Waals surface area contributed by atoms with E-state index in [9.17, 15) is 19.5 Å². The van der Waals surface area contributed by atoms with Crippen molar-refractivity contribution < 1.29 is 24.2 Å². The van der Waals surface area contributed by atoms with Crippen LogP contribution in [0.5, 0.6) is 5.75 Å². The Morgan fingerprint density at radius 2 is 1.65 bits per heavy atom. The van der Waals surface area contributed by atoms with E-state index >= 15 is 0 Å². The number of pyridine rings is 1. The zero-order chi connectivity index (χ0) is 34.1. The fourth-order valence-corrected chi connectivity index (χ4v) is 10.3. The average Bonchev–Trinajstić information content (AvgIpc) is 3.71. The van der Waals surface area contributed by atoms with Crippen LogP contribution < -0.4 is 4.74 Å². The number of aromatic nitrogens is 1. The Balaban J connectivity index is 0.952. The number of ether oxygens (including phenoxy) is 1. The first-order chi connectivity index (χ1) is 23.6. The number of para-hydroxylation sites is 1. The van der Waals surface area contributed by atoms with Crippen LogP contribution in [-0.4, -0.2) is 94.0 Å². The highest BCUT2D eigenvalue weighted by atomic mass is 16.5. The molecule has 0 bridgehead atoms. The van der Waals surface area contributed by atoms with Gasteiger partial charge in [0.05, 0.1) is 23.8 Å². The van der Waals surface area contributed by atoms with Gasteiger partial charge in [-0.3, -0.25) is 14.4 Å². The number of fused-ring (bicyclic) bond motifs is 6. The number of amides is 3. The molecule has 3 aromatic rings. The highest BCUT2D eigenvalue weighted by Crippen LogP contribution is 2.64. The number of likely N-dealkylation sites (tertiary alicyclic amines) is 1. The van der Waals surface area contributed by atoms with Crippen molar-refractivity contribution in [3.8, 4) is 5.75 Å². The number of carbonyl (C=O) groups is 3. The molecule has 2 aromatic carbocycles. The molecule has 0 unspecified atom stereocenters. The smallest absolute Gasteiger partial charge is 0.273 e. The van der Waals surface area contributed by atoms with Crippen molar-refractivity contribution in [2.24, 2.45) is 17.3 Å². The number of aliphatic hydroxyl groups is 1. The largest absolute Gasteiger partial charge is 0.496 e. The van der Waals surface area contributed by atoms with Crippen molar-refractivity contribution in [1.82, 2.24) is 19.7 Å². The van der Waals surface area contributed by atoms with Gasteiger partial charge in [-0.15, -0.1) is 0 Å². The van der Waals surface area contributed by atoms with Gasteiger partial charge in [0.1, 0.15) is 17.5 Å². The highest BCUT2D eigenvalue weighted by Gasteiger charge is 2.59. The molecular formula is C40H48N4O5. The molecule has 258 valence electrons. The summed E-state index contributed by atoms with van der Waals surface area (Å²) in [7, 11) is 1.63. The number of piperazine rings is 1. The molecule has 9 nitrogen and oxygen atoms in total. The van der Waals surface area contributed by atoms with E-state index in [0.717, 1.165) is 55.8 Å². The van der Waals surface area contributed by atoms with Gasteiger partial charge in [-0.25, -0.2) is 4.98 Å². The Hall–Kier alpha value is -3.98. The lowest BCUT2D eigenvalue weighted by molar-refractivity contribution is -0.136. The Bertz CT molecular complexity index is 1820. The van der Waals surface area contributed by atoms with Crippen LogP contribution in [0.3, 0.4) is 0 Å². The molecule has 2 saturated heterocycles. The summed E-state index contributed by atoms with van der Waals surface area (Å²) in [6, 6.07) is 15.0. The predicted octanol–water partition coefficient (Wildman–Crippen LogP) is 5.44. The van der Waals surface area contributed by atoms with E-state index in [1.54, 1.807) is 18.1 Å². The summed E-state index contributed by atoms with van der Waals surface area (Å²) in [6.07, 6.45) is 7.44. The minimum absolute atomic E-state index is 0.0497. The highest BCUT2D eigenvalue weighted by molar-refractivity contribution is 5.99. The molecule has 3 heterocycles. The van der Waals surface area contributed by atoms with Crippen molar-refractivity contribution in [2.45, 2.75) is 82.8 Å². The van der Waals surface area contributed by atoms with E-state index in [0.29, 0.717) is 73.9 Å². The van der Waals surface area contributed by atoms with Gasteiger partial charge in [0, 0.05) is 38.1 Å². The van der Waals surface area contributed by atoms with Crippen LogP contribution >= 0.6 is 0 Å². The average molecular weight is 665 g/mol. The Morgan fingerprint density at radius 3 is 2.45 bits per heavy atom. The molecule has 0 spiro atoms. The second-order valence-corrected chi connectivity index (χ2v) is 15.6. The van der Waals surface area contributed by atoms with Gasteiger partial charge >= 0.3 is 0 Å². The van der Waals surface area contributed by atoms with Crippen molar-refractivity contribution in [3.05, 3.63) is 70.9 Å². The monoisotopic (exact) mass is 664 g/mol. The van der Waals surface area contributed by atoms with Crippen molar-refractivity contribution in [1.29, 1.82) is 0 Å². The normalized spacial score (nSPS) is 30.9. The van der Waals surface area contributed by atoms with Crippen LogP contribution in [0.4, 0.5) is 0 Å². The van der Waals surface area contributed by atoms with Gasteiger partial charge in [-0.2, -0.15) is 0 Å². The van der Waals surface area contributed by atoms with Crippen LogP contribution in [0.2, 0.25) is 0 Å². The lowest BCUT2D eigenvalue weighted by Gasteiger charge is -2.52. The molecule has 5 aliphatic rings. The first-order valence-corrected chi connectivity index (χ1v) is 18.3. The summed E-state index contributed by atoms with van der Waals surface area (Å²) >= 11 is 0. The minimum atomic E-state index is -0.618. The van der Waals surface area contributed by atoms with Gasteiger partial charge in [0.15, 0.2) is 0 Å². The fraction of sp³-hybridized carbons (Fsp3) is 0.550. The van der Waals surface area contributed by atoms with Crippen LogP contribution in [0.25, 0.3) is 10.9 Å². The van der Waals surface area contributed by atoms with Gasteiger partial charge in [-0.1, -0.05) is 31.2 Å². The molecule has 2 aliphatic heterocycles. The van der Waals surface area contributed by atoms with E-state index in [4.69, 9.17) is 4.74 Å². The quantitative estimate of drug-likeness (QED) is 0.399. The maximum absolute atomic E-state index is 14.1. The molecule has 8 rings (SSSR count). The third kappa shape index (κ3) is 5.22. The van der Waals surface area contributed by atoms with E-state index in [2.05, 4.69) is 24.0 Å². The Morgan fingerprint density at radius 1 is 0.878 bits per heavy atom. The minimum Gasteiger partial charge on any atom is -0.496 e. The summed E-state index contributed by atoms with van der Waals surface area (Å²) in [5, 5.41) is 12.3. The molecule has 1 aromatic heterocycles. The Labute approximate surface area is 288 Å². The zero-order valence-corrected chi connectivity index (χ0v) is 29.0. The number of hydrogen-bond acceptors (Lipinski definition) is 6. The summed E-state index contributed by atoms with van der Waals surface area (Å²) in [4.78, 5) is 51.4. The standard InChI is InChI=1S/C40H48N4O5/c1-39-16-14-27-28(31(39)15-17-40(39,2)48)12-10-26-23-35(49-3)30(24-29(26)27)36(45)42-19-21-43(22-20-42)38(47)34-9-6-18-44(34)37(46)33-13-11-25-7-4-5-8-32(25)41-33/h4-5,7-8,11,13,23-24,27-28,31,34,48H,6,9-10,12,14-22H2,1-3H3/t27-,28+,31-,34-,39-,40-/m0/s1. The lowest BCUT2D eigenvalue weighted by atomic mass is 9.53. The fourth-order valence-electron chi connectivity index (χ4n) is 10.3. The molecule has 4 fully saturated rings. The zero-order valence-electron chi connectivity index (χ0n) is 29.0. The topological polar surface area (TPSA) is 103 Å². The number of rotatable bonds is 4. The third-order valence-electron chi connectivity index (χ3n) is 13.3. The van der Waals surface area contributed by atoms with E-state index in [-0.39, 0.29) is 23.1 Å². The SMILES string of the molecule is COc1cc2c(cc1C(=O)N1CCN(C(=O)[C@@H]3CCCN3C(=O)c3ccc4ccccc4n3)CC1)[C@H]1CC[C@@]3(C)[C@@H](CC[C@]3(C)O)[C@@H]1CC2. The van der Waals surface area contributed by atoms with Crippen molar-refractivity contribution >= 4 is 28.6 Å². The van der Waals surface area contributed by atoms with Crippen LogP contribution in [0.1, 0.15) is 96.7 Å². The second kappa shape index (κ2) is 12.1. The number of methoxy groups -OCH3 is 1. The number of aryl methyl sites for hydroxylation is 1. The Kier molecular flexibility index (Phi) is 7.97. The van der Waals surface area contributed by atoms with Crippen molar-refractivity contribution in [2.75, 3.05) is 39.8 Å². The van der Waals surface area contributed by atoms with Crippen LogP contribution in [0, 0.1) is 17.3 Å². The van der Waals surface area contributed by atoms with Gasteiger partial charge in [-0.05, 0) is 117 Å². The molecule has 3 amide bonds. The van der Waals surface area contributed by atoms with Crippen LogP contribution in [-0.2, 0) is 11.2 Å². The maximum Gasteiger partial charge on any atom is 0.273 e. The molecule has 3 aliphatic carbocycles. The first kappa shape index (κ1) is 32.2.